The van der Waals surface area contributed by atoms with Gasteiger partial charge in [-0.05, 0) is 19.1 Å². The Balaban J connectivity index is 3.20. The first kappa shape index (κ1) is 17.0. The molecule has 0 spiro atoms. The van der Waals surface area contributed by atoms with E-state index in [1.165, 1.54) is 27.4 Å². The molecule has 0 saturated heterocycles. The Kier molecular flexibility index (Phi) is 6.23. The molecule has 1 aromatic rings. The highest BCUT2D eigenvalue weighted by molar-refractivity contribution is 5.76. The maximum atomic E-state index is 14.1. The third-order valence-electron chi connectivity index (χ3n) is 2.92. The number of hydrogen-bond acceptors (Lipinski definition) is 6. The Morgan fingerprint density at radius 3 is 2.29 bits per heavy atom. The third kappa shape index (κ3) is 3.55. The molecule has 0 aliphatic rings. The van der Waals surface area contributed by atoms with E-state index in [4.69, 9.17) is 19.9 Å². The van der Waals surface area contributed by atoms with Gasteiger partial charge in [0.2, 0.25) is 11.9 Å². The van der Waals surface area contributed by atoms with Crippen LogP contribution in [0.5, 0.6) is 17.2 Å². The number of rotatable bonds is 7. The molecule has 0 saturated carbocycles. The van der Waals surface area contributed by atoms with Crippen LogP contribution in [0.3, 0.4) is 0 Å². The van der Waals surface area contributed by atoms with Crippen LogP contribution >= 0.6 is 0 Å². The number of carbonyl (C=O) groups excluding carboxylic acids is 1. The Hall–Kier alpha value is -2.02. The molecule has 21 heavy (non-hydrogen) atoms. The lowest BCUT2D eigenvalue weighted by Crippen LogP contribution is -2.31. The largest absolute Gasteiger partial charge is 0.493 e. The van der Waals surface area contributed by atoms with Gasteiger partial charge in [0, 0.05) is 5.56 Å². The van der Waals surface area contributed by atoms with Crippen LogP contribution in [0.4, 0.5) is 4.39 Å². The van der Waals surface area contributed by atoms with Crippen molar-refractivity contribution in [3.63, 3.8) is 0 Å². The predicted octanol–water partition coefficient (Wildman–Crippen LogP) is 1.61. The van der Waals surface area contributed by atoms with Gasteiger partial charge in [-0.1, -0.05) is 0 Å². The minimum Gasteiger partial charge on any atom is -0.493 e. The average Bonchev–Trinajstić information content (AvgIpc) is 2.51. The molecule has 0 amide bonds. The second-order valence-electron chi connectivity index (χ2n) is 4.10. The van der Waals surface area contributed by atoms with Gasteiger partial charge >= 0.3 is 5.97 Å². The minimum absolute atomic E-state index is 0.0784. The Labute approximate surface area is 122 Å². The van der Waals surface area contributed by atoms with E-state index < -0.39 is 18.2 Å². The van der Waals surface area contributed by atoms with Crippen molar-refractivity contribution in [1.82, 2.24) is 0 Å². The van der Waals surface area contributed by atoms with Crippen LogP contribution in [-0.2, 0) is 9.53 Å². The smallest absolute Gasteiger partial charge is 0.342 e. The van der Waals surface area contributed by atoms with Crippen molar-refractivity contribution >= 4 is 5.97 Å². The minimum atomic E-state index is -2.00. The highest BCUT2D eigenvalue weighted by Gasteiger charge is 2.31. The fourth-order valence-corrected chi connectivity index (χ4v) is 1.91. The first-order chi connectivity index (χ1) is 10.0. The molecule has 0 aromatic heterocycles. The lowest BCUT2D eigenvalue weighted by Gasteiger charge is -2.21. The van der Waals surface area contributed by atoms with E-state index in [-0.39, 0.29) is 23.7 Å². The summed E-state index contributed by atoms with van der Waals surface area (Å²) in [6.45, 7) is 1.67. The quantitative estimate of drug-likeness (QED) is 0.771. The van der Waals surface area contributed by atoms with Crippen LogP contribution in [0.15, 0.2) is 12.1 Å². The van der Waals surface area contributed by atoms with E-state index in [0.717, 1.165) is 0 Å². The molecular weight excluding hydrogens is 281 g/mol. The highest BCUT2D eigenvalue weighted by Crippen LogP contribution is 2.42. The summed E-state index contributed by atoms with van der Waals surface area (Å²) in [4.78, 5) is 11.5. The van der Waals surface area contributed by atoms with Gasteiger partial charge in [-0.15, -0.1) is 0 Å². The fourth-order valence-electron chi connectivity index (χ4n) is 1.91. The number of methoxy groups -OCH3 is 3. The predicted molar refractivity (Wildman–Crippen MR) is 74.6 cm³/mol. The molecule has 0 fully saturated rings. The van der Waals surface area contributed by atoms with E-state index >= 15 is 0 Å². The summed E-state index contributed by atoms with van der Waals surface area (Å²) in [6.07, 6.45) is -2.00. The molecule has 6 nitrogen and oxygen atoms in total. The van der Waals surface area contributed by atoms with Crippen molar-refractivity contribution in [2.24, 2.45) is 5.73 Å². The van der Waals surface area contributed by atoms with Crippen LogP contribution in [-0.4, -0.2) is 40.1 Å². The zero-order valence-electron chi connectivity index (χ0n) is 12.5. The van der Waals surface area contributed by atoms with Crippen LogP contribution < -0.4 is 19.9 Å². The second-order valence-corrected chi connectivity index (χ2v) is 4.10. The van der Waals surface area contributed by atoms with Gasteiger partial charge in [0.15, 0.2) is 11.5 Å². The molecule has 0 heterocycles. The molecule has 118 valence electrons. The van der Waals surface area contributed by atoms with E-state index in [2.05, 4.69) is 4.74 Å². The van der Waals surface area contributed by atoms with Crippen LogP contribution in [0.2, 0.25) is 0 Å². The fraction of sp³-hybridized carbons (Fsp3) is 0.500. The van der Waals surface area contributed by atoms with Crippen molar-refractivity contribution in [2.75, 3.05) is 27.9 Å². The molecule has 2 N–H and O–H groups in total. The zero-order valence-corrected chi connectivity index (χ0v) is 12.5. The first-order valence-electron chi connectivity index (χ1n) is 6.36. The number of halogens is 1. The van der Waals surface area contributed by atoms with Gasteiger partial charge in [-0.3, -0.25) is 0 Å². The Morgan fingerprint density at radius 1 is 1.19 bits per heavy atom. The molecule has 1 aromatic carbocycles. The molecule has 0 radical (unpaired) electrons. The van der Waals surface area contributed by atoms with Crippen LogP contribution in [0, 0.1) is 0 Å². The summed E-state index contributed by atoms with van der Waals surface area (Å²) in [6, 6.07) is 1.85. The molecule has 2 atom stereocenters. The summed E-state index contributed by atoms with van der Waals surface area (Å²) >= 11 is 0. The van der Waals surface area contributed by atoms with Gasteiger partial charge in [0.1, 0.15) is 0 Å². The van der Waals surface area contributed by atoms with Crippen LogP contribution in [0.1, 0.15) is 18.5 Å². The lowest BCUT2D eigenvalue weighted by molar-refractivity contribution is -0.149. The van der Waals surface area contributed by atoms with Crippen molar-refractivity contribution in [3.8, 4) is 17.2 Å². The standard InChI is InChI=1S/C14H20FNO5/c1-5-21-14(17)10(15)11(16)8-6-7-9(18-2)13(20-4)12(8)19-3/h6-7,10-11H,5,16H2,1-4H3/t10?,11-/m0/s1. The maximum absolute atomic E-state index is 14.1. The molecule has 7 heteroatoms. The average molecular weight is 301 g/mol. The first-order valence-corrected chi connectivity index (χ1v) is 6.36. The van der Waals surface area contributed by atoms with Crippen molar-refractivity contribution in [1.29, 1.82) is 0 Å². The van der Waals surface area contributed by atoms with Crippen molar-refractivity contribution in [2.45, 2.75) is 19.1 Å². The zero-order chi connectivity index (χ0) is 16.0. The number of carbonyl (C=O) groups is 1. The highest BCUT2D eigenvalue weighted by atomic mass is 19.1. The lowest BCUT2D eigenvalue weighted by atomic mass is 10.0. The topological polar surface area (TPSA) is 80.0 Å². The number of hydrogen-bond donors (Lipinski definition) is 1. The number of benzene rings is 1. The SMILES string of the molecule is CCOC(=O)C(F)[C@@H](N)c1ccc(OC)c(OC)c1OC. The normalized spacial score (nSPS) is 13.2. The summed E-state index contributed by atoms with van der Waals surface area (Å²) in [5, 5.41) is 0. The van der Waals surface area contributed by atoms with E-state index in [1.54, 1.807) is 13.0 Å². The monoisotopic (exact) mass is 301 g/mol. The number of nitrogens with two attached hydrogens (primary N) is 1. The number of alkyl halides is 1. The molecule has 1 rings (SSSR count). The van der Waals surface area contributed by atoms with Crippen molar-refractivity contribution in [3.05, 3.63) is 17.7 Å². The van der Waals surface area contributed by atoms with Gasteiger partial charge < -0.3 is 24.7 Å². The molecule has 0 aliphatic carbocycles. The van der Waals surface area contributed by atoms with Gasteiger partial charge in [-0.25, -0.2) is 9.18 Å². The number of esters is 1. The summed E-state index contributed by atoms with van der Waals surface area (Å²) in [5.41, 5.74) is 6.10. The molecule has 0 aliphatic heterocycles. The van der Waals surface area contributed by atoms with Gasteiger partial charge in [-0.2, -0.15) is 0 Å². The number of ether oxygens (including phenoxy) is 4. The van der Waals surface area contributed by atoms with E-state index in [0.29, 0.717) is 5.75 Å². The van der Waals surface area contributed by atoms with Gasteiger partial charge in [0.25, 0.3) is 0 Å². The van der Waals surface area contributed by atoms with Gasteiger partial charge in [0.05, 0.1) is 34.0 Å². The van der Waals surface area contributed by atoms with Crippen LogP contribution in [0.25, 0.3) is 0 Å². The van der Waals surface area contributed by atoms with Crippen molar-refractivity contribution < 1.29 is 28.1 Å². The molecule has 1 unspecified atom stereocenters. The second kappa shape index (κ2) is 7.68. The summed E-state index contributed by atoms with van der Waals surface area (Å²) in [7, 11) is 4.28. The molecule has 0 bridgehead atoms. The summed E-state index contributed by atoms with van der Waals surface area (Å²) in [5.74, 6) is -0.0982. The Morgan fingerprint density at radius 2 is 1.81 bits per heavy atom. The summed E-state index contributed by atoms with van der Waals surface area (Å²) < 4.78 is 34.2. The van der Waals surface area contributed by atoms with E-state index in [1.807, 2.05) is 0 Å². The molecular formula is C14H20FNO5. The third-order valence-corrected chi connectivity index (χ3v) is 2.92. The Bertz CT molecular complexity index is 494. The maximum Gasteiger partial charge on any atom is 0.342 e. The van der Waals surface area contributed by atoms with E-state index in [9.17, 15) is 9.18 Å².